The van der Waals surface area contributed by atoms with Crippen molar-refractivity contribution in [2.75, 3.05) is 6.61 Å². The lowest BCUT2D eigenvalue weighted by molar-refractivity contribution is 0.0798. The van der Waals surface area contributed by atoms with E-state index >= 15 is 0 Å². The molecule has 3 rings (SSSR count). The third-order valence-corrected chi connectivity index (χ3v) is 4.63. The maximum atomic E-state index is 12.5. The van der Waals surface area contributed by atoms with Crippen LogP contribution in [0.2, 0.25) is 5.02 Å². The smallest absolute Gasteiger partial charge is 0.287 e. The van der Waals surface area contributed by atoms with Gasteiger partial charge in [-0.05, 0) is 38.7 Å². The fourth-order valence-corrected chi connectivity index (χ4v) is 2.95. The SMILES string of the molecule is Cc1c(C(=O)NC(C)(CO)C2CC2)oc2c(Cl)cccc12. The van der Waals surface area contributed by atoms with Crippen LogP contribution in [0.5, 0.6) is 0 Å². The molecule has 1 aliphatic carbocycles. The molecule has 0 radical (unpaired) electrons. The molecule has 1 heterocycles. The van der Waals surface area contributed by atoms with Gasteiger partial charge in [-0.25, -0.2) is 0 Å². The van der Waals surface area contributed by atoms with Crippen LogP contribution in [0.4, 0.5) is 0 Å². The average Bonchev–Trinajstić information content (AvgIpc) is 3.25. The molecule has 112 valence electrons. The van der Waals surface area contributed by atoms with Gasteiger partial charge in [0.05, 0.1) is 17.2 Å². The van der Waals surface area contributed by atoms with Crippen LogP contribution >= 0.6 is 11.6 Å². The Kier molecular flexibility index (Phi) is 3.46. The van der Waals surface area contributed by atoms with Gasteiger partial charge in [-0.15, -0.1) is 0 Å². The summed E-state index contributed by atoms with van der Waals surface area (Å²) < 4.78 is 5.66. The fraction of sp³-hybridized carbons (Fsp3) is 0.438. The van der Waals surface area contributed by atoms with Crippen molar-refractivity contribution in [3.8, 4) is 0 Å². The minimum atomic E-state index is -0.591. The summed E-state index contributed by atoms with van der Waals surface area (Å²) >= 11 is 6.10. The average molecular weight is 308 g/mol. The van der Waals surface area contributed by atoms with E-state index in [0.29, 0.717) is 16.5 Å². The van der Waals surface area contributed by atoms with Crippen LogP contribution in [0.3, 0.4) is 0 Å². The highest BCUT2D eigenvalue weighted by Gasteiger charge is 2.42. The number of benzene rings is 1. The van der Waals surface area contributed by atoms with Gasteiger partial charge in [0.15, 0.2) is 11.3 Å². The molecule has 0 saturated heterocycles. The topological polar surface area (TPSA) is 62.5 Å². The first-order chi connectivity index (χ1) is 9.96. The quantitative estimate of drug-likeness (QED) is 0.911. The summed E-state index contributed by atoms with van der Waals surface area (Å²) in [5.41, 5.74) is 0.701. The monoisotopic (exact) mass is 307 g/mol. The van der Waals surface area contributed by atoms with Gasteiger partial charge in [0.25, 0.3) is 5.91 Å². The third kappa shape index (κ3) is 2.43. The number of rotatable bonds is 4. The number of furan rings is 1. The molecule has 0 aliphatic heterocycles. The number of halogens is 1. The first-order valence-corrected chi connectivity index (χ1v) is 7.45. The molecule has 0 spiro atoms. The van der Waals surface area contributed by atoms with Crippen LogP contribution in [-0.2, 0) is 0 Å². The molecule has 1 atom stereocenters. The van der Waals surface area contributed by atoms with E-state index in [-0.39, 0.29) is 18.3 Å². The van der Waals surface area contributed by atoms with Gasteiger partial charge in [-0.2, -0.15) is 0 Å². The Morgan fingerprint density at radius 1 is 1.52 bits per heavy atom. The van der Waals surface area contributed by atoms with Crippen molar-refractivity contribution in [1.29, 1.82) is 0 Å². The highest BCUT2D eigenvalue weighted by Crippen LogP contribution is 2.39. The van der Waals surface area contributed by atoms with Gasteiger partial charge in [0.1, 0.15) is 0 Å². The number of carbonyl (C=O) groups excluding carboxylic acids is 1. The summed E-state index contributed by atoms with van der Waals surface area (Å²) in [5, 5.41) is 13.8. The molecule has 1 amide bonds. The Hall–Kier alpha value is -1.52. The lowest BCUT2D eigenvalue weighted by Gasteiger charge is -2.28. The van der Waals surface area contributed by atoms with Gasteiger partial charge in [0.2, 0.25) is 0 Å². The molecule has 1 fully saturated rings. The summed E-state index contributed by atoms with van der Waals surface area (Å²) in [6.45, 7) is 3.63. The van der Waals surface area contributed by atoms with Crippen molar-refractivity contribution in [2.45, 2.75) is 32.2 Å². The largest absolute Gasteiger partial charge is 0.449 e. The molecular weight excluding hydrogens is 290 g/mol. The second-order valence-corrected chi connectivity index (χ2v) is 6.38. The maximum absolute atomic E-state index is 12.5. The van der Waals surface area contributed by atoms with E-state index in [9.17, 15) is 9.90 Å². The van der Waals surface area contributed by atoms with E-state index in [1.54, 1.807) is 6.07 Å². The van der Waals surface area contributed by atoms with E-state index in [4.69, 9.17) is 16.0 Å². The first kappa shape index (κ1) is 14.4. The van der Waals surface area contributed by atoms with Crippen molar-refractivity contribution in [2.24, 2.45) is 5.92 Å². The predicted octanol–water partition coefficient (Wildman–Crippen LogP) is 3.29. The van der Waals surface area contributed by atoms with Crippen LogP contribution in [0, 0.1) is 12.8 Å². The van der Waals surface area contributed by atoms with Gasteiger partial charge in [-0.3, -0.25) is 4.79 Å². The number of aliphatic hydroxyl groups is 1. The van der Waals surface area contributed by atoms with Gasteiger partial charge in [-0.1, -0.05) is 23.7 Å². The number of para-hydroxylation sites is 1. The Morgan fingerprint density at radius 3 is 2.81 bits per heavy atom. The normalized spacial score (nSPS) is 17.7. The van der Waals surface area contributed by atoms with Gasteiger partial charge in [0, 0.05) is 10.9 Å². The zero-order valence-electron chi connectivity index (χ0n) is 12.1. The molecule has 21 heavy (non-hydrogen) atoms. The number of carbonyl (C=O) groups is 1. The molecular formula is C16H18ClNO3. The van der Waals surface area contributed by atoms with Crippen molar-refractivity contribution < 1.29 is 14.3 Å². The Labute approximate surface area is 128 Å². The fourth-order valence-electron chi connectivity index (χ4n) is 2.73. The lowest BCUT2D eigenvalue weighted by atomic mass is 9.96. The molecule has 4 nitrogen and oxygen atoms in total. The maximum Gasteiger partial charge on any atom is 0.287 e. The van der Waals surface area contributed by atoms with Crippen LogP contribution in [0.15, 0.2) is 22.6 Å². The Balaban J connectivity index is 1.95. The van der Waals surface area contributed by atoms with Crippen molar-refractivity contribution >= 4 is 28.5 Å². The molecule has 1 aromatic heterocycles. The number of fused-ring (bicyclic) bond motifs is 1. The highest BCUT2D eigenvalue weighted by molar-refractivity contribution is 6.35. The van der Waals surface area contributed by atoms with E-state index in [2.05, 4.69) is 5.32 Å². The van der Waals surface area contributed by atoms with Crippen LogP contribution in [0.1, 0.15) is 35.9 Å². The molecule has 1 saturated carbocycles. The summed E-state index contributed by atoms with van der Waals surface area (Å²) in [7, 11) is 0. The second-order valence-electron chi connectivity index (χ2n) is 5.98. The minimum absolute atomic E-state index is 0.0799. The van der Waals surface area contributed by atoms with Gasteiger partial charge >= 0.3 is 0 Å². The number of hydrogen-bond acceptors (Lipinski definition) is 3. The second kappa shape index (κ2) is 5.04. The number of amides is 1. The molecule has 5 heteroatoms. The summed E-state index contributed by atoms with van der Waals surface area (Å²) in [6, 6.07) is 5.44. The summed E-state index contributed by atoms with van der Waals surface area (Å²) in [4.78, 5) is 12.5. The molecule has 1 aliphatic rings. The molecule has 0 bridgehead atoms. The summed E-state index contributed by atoms with van der Waals surface area (Å²) in [5.74, 6) is 0.293. The lowest BCUT2D eigenvalue weighted by Crippen LogP contribution is -2.50. The Bertz CT molecular complexity index is 705. The van der Waals surface area contributed by atoms with Crippen LogP contribution in [-0.4, -0.2) is 23.2 Å². The zero-order valence-corrected chi connectivity index (χ0v) is 12.8. The van der Waals surface area contributed by atoms with Gasteiger partial charge < -0.3 is 14.8 Å². The standard InChI is InChI=1S/C16H18ClNO3/c1-9-11-4-3-5-12(17)14(11)21-13(9)15(20)18-16(2,8-19)10-6-7-10/h3-5,10,19H,6-8H2,1-2H3,(H,18,20). The molecule has 1 unspecified atom stereocenters. The highest BCUT2D eigenvalue weighted by atomic mass is 35.5. The van der Waals surface area contributed by atoms with E-state index in [1.165, 1.54) is 0 Å². The molecule has 1 aromatic carbocycles. The van der Waals surface area contributed by atoms with Crippen LogP contribution < -0.4 is 5.32 Å². The third-order valence-electron chi connectivity index (χ3n) is 4.33. The summed E-state index contributed by atoms with van der Waals surface area (Å²) in [6.07, 6.45) is 2.06. The predicted molar refractivity (Wildman–Crippen MR) is 81.6 cm³/mol. The first-order valence-electron chi connectivity index (χ1n) is 7.07. The van der Waals surface area contributed by atoms with E-state index in [1.807, 2.05) is 26.0 Å². The number of nitrogens with one attached hydrogen (secondary N) is 1. The van der Waals surface area contributed by atoms with E-state index < -0.39 is 5.54 Å². The van der Waals surface area contributed by atoms with Crippen molar-refractivity contribution in [1.82, 2.24) is 5.32 Å². The van der Waals surface area contributed by atoms with Crippen molar-refractivity contribution in [3.63, 3.8) is 0 Å². The van der Waals surface area contributed by atoms with Crippen molar-refractivity contribution in [3.05, 3.63) is 34.5 Å². The molecule has 2 aromatic rings. The Morgan fingerprint density at radius 2 is 2.24 bits per heavy atom. The number of aryl methyl sites for hydroxylation is 1. The molecule has 2 N–H and O–H groups in total. The zero-order chi connectivity index (χ0) is 15.2. The number of aliphatic hydroxyl groups excluding tert-OH is 1. The van der Waals surface area contributed by atoms with E-state index in [0.717, 1.165) is 23.8 Å². The van der Waals surface area contributed by atoms with Crippen LogP contribution in [0.25, 0.3) is 11.0 Å². The minimum Gasteiger partial charge on any atom is -0.449 e. The number of hydrogen-bond donors (Lipinski definition) is 2.